The standard InChI is InChI=1S/C13H21N5O/c1-2-11-15-12(17-16-11)13(19)14-9-5-7-18-6-3-4-10(18)8-9/h9-10H,2-8H2,1H3,(H,14,19)(H,15,16,17). The van der Waals surface area contributed by atoms with Gasteiger partial charge in [0.05, 0.1) is 0 Å². The number of hydrogen-bond acceptors (Lipinski definition) is 4. The van der Waals surface area contributed by atoms with Crippen LogP contribution in [-0.4, -0.2) is 51.2 Å². The molecule has 3 rings (SSSR count). The molecule has 104 valence electrons. The van der Waals surface area contributed by atoms with E-state index in [2.05, 4.69) is 25.4 Å². The van der Waals surface area contributed by atoms with Gasteiger partial charge in [-0.3, -0.25) is 9.89 Å². The Morgan fingerprint density at radius 2 is 2.37 bits per heavy atom. The minimum absolute atomic E-state index is 0.146. The molecule has 0 bridgehead atoms. The Balaban J connectivity index is 1.57. The van der Waals surface area contributed by atoms with Gasteiger partial charge >= 0.3 is 0 Å². The van der Waals surface area contributed by atoms with E-state index in [1.54, 1.807) is 0 Å². The Kier molecular flexibility index (Phi) is 3.50. The summed E-state index contributed by atoms with van der Waals surface area (Å²) in [6.07, 6.45) is 5.43. The van der Waals surface area contributed by atoms with Gasteiger partial charge < -0.3 is 10.2 Å². The van der Waals surface area contributed by atoms with Crippen molar-refractivity contribution in [1.29, 1.82) is 0 Å². The van der Waals surface area contributed by atoms with Gasteiger partial charge in [0.2, 0.25) is 5.82 Å². The molecule has 0 saturated carbocycles. The highest BCUT2D eigenvalue weighted by Crippen LogP contribution is 2.26. The molecule has 2 fully saturated rings. The van der Waals surface area contributed by atoms with Crippen molar-refractivity contribution in [2.24, 2.45) is 0 Å². The summed E-state index contributed by atoms with van der Waals surface area (Å²) in [6, 6.07) is 0.938. The lowest BCUT2D eigenvalue weighted by molar-refractivity contribution is 0.0886. The number of hydrogen-bond donors (Lipinski definition) is 2. The number of carbonyl (C=O) groups is 1. The Hall–Kier alpha value is -1.43. The molecule has 1 amide bonds. The molecule has 6 heteroatoms. The summed E-state index contributed by atoms with van der Waals surface area (Å²) in [5.74, 6) is 0.883. The quantitative estimate of drug-likeness (QED) is 0.843. The molecule has 2 atom stereocenters. The van der Waals surface area contributed by atoms with Crippen molar-refractivity contribution in [1.82, 2.24) is 25.4 Å². The van der Waals surface area contributed by atoms with Crippen LogP contribution in [0.25, 0.3) is 0 Å². The SMILES string of the molecule is CCc1nc(C(=O)NC2CCN3CCCC3C2)n[nH]1. The van der Waals surface area contributed by atoms with E-state index in [1.807, 2.05) is 6.92 Å². The number of piperidine rings is 1. The van der Waals surface area contributed by atoms with Crippen molar-refractivity contribution in [2.45, 2.75) is 51.1 Å². The molecular formula is C13H21N5O. The van der Waals surface area contributed by atoms with Crippen LogP contribution < -0.4 is 5.32 Å². The Labute approximate surface area is 113 Å². The van der Waals surface area contributed by atoms with Gasteiger partial charge in [-0.05, 0) is 32.2 Å². The van der Waals surface area contributed by atoms with Crippen molar-refractivity contribution >= 4 is 5.91 Å². The average Bonchev–Trinajstić information content (AvgIpc) is 3.06. The second kappa shape index (κ2) is 5.28. The van der Waals surface area contributed by atoms with Crippen LogP contribution in [0.5, 0.6) is 0 Å². The molecule has 6 nitrogen and oxygen atoms in total. The van der Waals surface area contributed by atoms with Crippen molar-refractivity contribution in [2.75, 3.05) is 13.1 Å². The predicted octanol–water partition coefficient (Wildman–Crippen LogP) is 0.724. The molecule has 2 N–H and O–H groups in total. The lowest BCUT2D eigenvalue weighted by Gasteiger charge is -2.34. The van der Waals surface area contributed by atoms with Gasteiger partial charge in [0.25, 0.3) is 5.91 Å². The van der Waals surface area contributed by atoms with Crippen molar-refractivity contribution in [3.63, 3.8) is 0 Å². The first-order valence-corrected chi connectivity index (χ1v) is 7.22. The van der Waals surface area contributed by atoms with Gasteiger partial charge in [0.1, 0.15) is 5.82 Å². The van der Waals surface area contributed by atoms with Crippen LogP contribution in [0.2, 0.25) is 0 Å². The van der Waals surface area contributed by atoms with E-state index in [0.717, 1.165) is 31.6 Å². The first-order chi connectivity index (χ1) is 9.26. The number of amides is 1. The van der Waals surface area contributed by atoms with Gasteiger partial charge in [-0.25, -0.2) is 4.98 Å². The van der Waals surface area contributed by atoms with Gasteiger partial charge in [-0.1, -0.05) is 6.92 Å². The molecule has 3 heterocycles. The summed E-state index contributed by atoms with van der Waals surface area (Å²) in [6.45, 7) is 4.31. The molecular weight excluding hydrogens is 242 g/mol. The molecule has 0 radical (unpaired) electrons. The number of rotatable bonds is 3. The van der Waals surface area contributed by atoms with E-state index in [1.165, 1.54) is 19.4 Å². The molecule has 0 aliphatic carbocycles. The molecule has 2 aliphatic rings. The molecule has 19 heavy (non-hydrogen) atoms. The largest absolute Gasteiger partial charge is 0.346 e. The fourth-order valence-corrected chi connectivity index (χ4v) is 3.16. The molecule has 0 spiro atoms. The maximum atomic E-state index is 12.1. The van der Waals surface area contributed by atoms with E-state index in [-0.39, 0.29) is 17.8 Å². The number of H-pyrrole nitrogens is 1. The Bertz CT molecular complexity index is 458. The summed E-state index contributed by atoms with van der Waals surface area (Å²) < 4.78 is 0. The van der Waals surface area contributed by atoms with Crippen LogP contribution in [0.4, 0.5) is 0 Å². The number of fused-ring (bicyclic) bond motifs is 1. The van der Waals surface area contributed by atoms with Crippen LogP contribution in [0.1, 0.15) is 49.1 Å². The Morgan fingerprint density at radius 1 is 1.47 bits per heavy atom. The first-order valence-electron chi connectivity index (χ1n) is 7.22. The van der Waals surface area contributed by atoms with E-state index in [0.29, 0.717) is 6.04 Å². The maximum absolute atomic E-state index is 12.1. The van der Waals surface area contributed by atoms with Crippen LogP contribution in [0, 0.1) is 0 Å². The monoisotopic (exact) mass is 263 g/mol. The Morgan fingerprint density at radius 3 is 3.16 bits per heavy atom. The third-order valence-corrected chi connectivity index (χ3v) is 4.23. The van der Waals surface area contributed by atoms with Crippen molar-refractivity contribution < 1.29 is 4.79 Å². The fourth-order valence-electron chi connectivity index (χ4n) is 3.16. The number of aryl methyl sites for hydroxylation is 1. The van der Waals surface area contributed by atoms with E-state index >= 15 is 0 Å². The molecule has 2 unspecified atom stereocenters. The average molecular weight is 263 g/mol. The summed E-state index contributed by atoms with van der Waals surface area (Å²) in [4.78, 5) is 18.8. The number of aromatic nitrogens is 3. The minimum Gasteiger partial charge on any atom is -0.346 e. The van der Waals surface area contributed by atoms with Crippen LogP contribution in [0.3, 0.4) is 0 Å². The zero-order valence-electron chi connectivity index (χ0n) is 11.4. The second-order valence-corrected chi connectivity index (χ2v) is 5.49. The van der Waals surface area contributed by atoms with Gasteiger partial charge in [0, 0.05) is 25.0 Å². The second-order valence-electron chi connectivity index (χ2n) is 5.49. The molecule has 0 aromatic carbocycles. The molecule has 2 saturated heterocycles. The van der Waals surface area contributed by atoms with E-state index in [4.69, 9.17) is 0 Å². The molecule has 2 aliphatic heterocycles. The number of aromatic amines is 1. The fraction of sp³-hybridized carbons (Fsp3) is 0.769. The molecule has 1 aromatic heterocycles. The number of nitrogens with zero attached hydrogens (tertiary/aromatic N) is 3. The van der Waals surface area contributed by atoms with Crippen LogP contribution in [-0.2, 0) is 6.42 Å². The van der Waals surface area contributed by atoms with Crippen molar-refractivity contribution in [3.05, 3.63) is 11.6 Å². The summed E-state index contributed by atoms with van der Waals surface area (Å²) in [5.41, 5.74) is 0. The molecule has 1 aromatic rings. The summed E-state index contributed by atoms with van der Waals surface area (Å²) >= 11 is 0. The summed E-state index contributed by atoms with van der Waals surface area (Å²) in [5, 5.41) is 9.82. The normalized spacial score (nSPS) is 27.2. The van der Waals surface area contributed by atoms with E-state index in [9.17, 15) is 4.79 Å². The van der Waals surface area contributed by atoms with Crippen molar-refractivity contribution in [3.8, 4) is 0 Å². The third kappa shape index (κ3) is 2.63. The lowest BCUT2D eigenvalue weighted by atomic mass is 9.97. The highest BCUT2D eigenvalue weighted by atomic mass is 16.2. The zero-order valence-corrected chi connectivity index (χ0v) is 11.4. The lowest BCUT2D eigenvalue weighted by Crippen LogP contribution is -2.47. The predicted molar refractivity (Wildman–Crippen MR) is 70.8 cm³/mol. The smallest absolute Gasteiger partial charge is 0.291 e. The maximum Gasteiger partial charge on any atom is 0.291 e. The number of nitrogens with one attached hydrogen (secondary N) is 2. The van der Waals surface area contributed by atoms with E-state index < -0.39 is 0 Å². The zero-order chi connectivity index (χ0) is 13.2. The number of carbonyl (C=O) groups excluding carboxylic acids is 1. The third-order valence-electron chi connectivity index (χ3n) is 4.23. The highest BCUT2D eigenvalue weighted by molar-refractivity contribution is 5.90. The first kappa shape index (κ1) is 12.6. The van der Waals surface area contributed by atoms with Gasteiger partial charge in [-0.15, -0.1) is 5.10 Å². The van der Waals surface area contributed by atoms with Crippen LogP contribution >= 0.6 is 0 Å². The van der Waals surface area contributed by atoms with Gasteiger partial charge in [-0.2, -0.15) is 0 Å². The van der Waals surface area contributed by atoms with Crippen LogP contribution in [0.15, 0.2) is 0 Å². The topological polar surface area (TPSA) is 73.9 Å². The van der Waals surface area contributed by atoms with Gasteiger partial charge in [0.15, 0.2) is 0 Å². The summed E-state index contributed by atoms with van der Waals surface area (Å²) in [7, 11) is 0. The highest BCUT2D eigenvalue weighted by Gasteiger charge is 2.32. The minimum atomic E-state index is -0.146.